The first-order valence-corrected chi connectivity index (χ1v) is 8.73. The molecule has 3 aromatic rings. The molecule has 0 N–H and O–H groups in total. The summed E-state index contributed by atoms with van der Waals surface area (Å²) in [6, 6.07) is 10.4. The maximum atomic E-state index is 6.17. The minimum Gasteiger partial charge on any atom is -0.358 e. The fourth-order valence-electron chi connectivity index (χ4n) is 3.18. The van der Waals surface area contributed by atoms with Crippen molar-refractivity contribution in [2.45, 2.75) is 38.3 Å². The topological polar surface area (TPSA) is 52.8 Å². The van der Waals surface area contributed by atoms with Crippen molar-refractivity contribution >= 4 is 22.8 Å². The lowest BCUT2D eigenvalue weighted by atomic mass is 10.1. The van der Waals surface area contributed by atoms with Gasteiger partial charge in [0.25, 0.3) is 0 Å². The van der Waals surface area contributed by atoms with Gasteiger partial charge in [0.15, 0.2) is 5.65 Å². The third-order valence-electron chi connectivity index (χ3n) is 4.43. The Morgan fingerprint density at radius 1 is 1.12 bits per heavy atom. The van der Waals surface area contributed by atoms with Gasteiger partial charge in [-0.1, -0.05) is 30.3 Å². The molecule has 1 atom stereocenters. The number of imidazole rings is 1. The normalized spacial score (nSPS) is 18.1. The third kappa shape index (κ3) is 3.14. The van der Waals surface area contributed by atoms with Gasteiger partial charge < -0.3 is 4.74 Å². The van der Waals surface area contributed by atoms with Crippen molar-refractivity contribution in [3.8, 4) is 0 Å². The molecular formula is C18H19ClN4O. The van der Waals surface area contributed by atoms with Crippen LogP contribution in [0.25, 0.3) is 11.2 Å². The summed E-state index contributed by atoms with van der Waals surface area (Å²) in [5, 5.41) is 0.267. The summed E-state index contributed by atoms with van der Waals surface area (Å²) in [4.78, 5) is 13.4. The van der Waals surface area contributed by atoms with Gasteiger partial charge >= 0.3 is 0 Å². The third-order valence-corrected chi connectivity index (χ3v) is 4.59. The minimum absolute atomic E-state index is 0.00306. The van der Waals surface area contributed by atoms with E-state index in [0.717, 1.165) is 55.6 Å². The van der Waals surface area contributed by atoms with E-state index in [-0.39, 0.29) is 11.5 Å². The smallest absolute Gasteiger partial charge is 0.224 e. The Morgan fingerprint density at radius 3 is 2.79 bits per heavy atom. The Morgan fingerprint density at radius 2 is 2.00 bits per heavy atom. The Bertz CT molecular complexity index is 828. The molecule has 4 rings (SSSR count). The van der Waals surface area contributed by atoms with E-state index in [9.17, 15) is 0 Å². The second-order valence-corrected chi connectivity index (χ2v) is 6.41. The lowest BCUT2D eigenvalue weighted by molar-refractivity contribution is -0.0298. The molecule has 3 heterocycles. The quantitative estimate of drug-likeness (QED) is 0.673. The number of hydrogen-bond acceptors (Lipinski definition) is 4. The summed E-state index contributed by atoms with van der Waals surface area (Å²) in [5.41, 5.74) is 3.76. The number of nitrogens with zero attached hydrogens (tertiary/aromatic N) is 4. The average Bonchev–Trinajstić information content (AvgIpc) is 3.05. The molecule has 0 bridgehead atoms. The molecule has 5 nitrogen and oxygen atoms in total. The van der Waals surface area contributed by atoms with Crippen molar-refractivity contribution < 1.29 is 4.74 Å². The zero-order chi connectivity index (χ0) is 16.4. The van der Waals surface area contributed by atoms with Gasteiger partial charge in [-0.3, -0.25) is 4.57 Å². The average molecular weight is 343 g/mol. The van der Waals surface area contributed by atoms with Crippen molar-refractivity contribution in [1.29, 1.82) is 0 Å². The van der Waals surface area contributed by atoms with Crippen molar-refractivity contribution in [3.63, 3.8) is 0 Å². The first-order chi connectivity index (χ1) is 11.8. The standard InChI is InChI=1S/C18H19ClN4O/c19-18-21-14(10-9-13-6-2-1-3-7-13)16-17(22-18)23(12-20-16)15-8-4-5-11-24-15/h1-3,6-7,12,15H,4-5,8-11H2. The molecule has 0 spiro atoms. The number of aromatic nitrogens is 4. The number of benzene rings is 1. The van der Waals surface area contributed by atoms with Crippen molar-refractivity contribution in [3.05, 3.63) is 53.2 Å². The van der Waals surface area contributed by atoms with Crippen molar-refractivity contribution in [2.24, 2.45) is 0 Å². The van der Waals surface area contributed by atoms with E-state index in [1.165, 1.54) is 5.56 Å². The molecule has 0 radical (unpaired) electrons. The SMILES string of the molecule is Clc1nc(CCc2ccccc2)c2ncn(C3CCCCO3)c2n1. The monoisotopic (exact) mass is 342 g/mol. The molecule has 1 aromatic carbocycles. The summed E-state index contributed by atoms with van der Waals surface area (Å²) in [6.45, 7) is 0.782. The van der Waals surface area contributed by atoms with E-state index in [4.69, 9.17) is 16.3 Å². The molecule has 1 unspecified atom stereocenters. The molecule has 1 saturated heterocycles. The highest BCUT2D eigenvalue weighted by atomic mass is 35.5. The molecule has 24 heavy (non-hydrogen) atoms. The Kier molecular flexibility index (Phi) is 4.45. The van der Waals surface area contributed by atoms with Gasteiger partial charge in [-0.2, -0.15) is 4.98 Å². The van der Waals surface area contributed by atoms with Gasteiger partial charge in [-0.25, -0.2) is 9.97 Å². The van der Waals surface area contributed by atoms with Crippen LogP contribution in [0.5, 0.6) is 0 Å². The van der Waals surface area contributed by atoms with E-state index in [0.29, 0.717) is 0 Å². The highest BCUT2D eigenvalue weighted by Gasteiger charge is 2.20. The van der Waals surface area contributed by atoms with Crippen LogP contribution in [0.3, 0.4) is 0 Å². The Hall–Kier alpha value is -1.98. The molecule has 1 fully saturated rings. The summed E-state index contributed by atoms with van der Waals surface area (Å²) >= 11 is 6.17. The fraction of sp³-hybridized carbons (Fsp3) is 0.389. The molecule has 0 amide bonds. The summed E-state index contributed by atoms with van der Waals surface area (Å²) in [5.74, 6) is 0. The second kappa shape index (κ2) is 6.87. The van der Waals surface area contributed by atoms with Crippen LogP contribution < -0.4 is 0 Å². The molecule has 124 valence electrons. The highest BCUT2D eigenvalue weighted by Crippen LogP contribution is 2.27. The molecule has 0 saturated carbocycles. The van der Waals surface area contributed by atoms with Gasteiger partial charge in [0, 0.05) is 6.61 Å². The van der Waals surface area contributed by atoms with E-state index in [2.05, 4.69) is 27.1 Å². The van der Waals surface area contributed by atoms with Crippen molar-refractivity contribution in [1.82, 2.24) is 19.5 Å². The minimum atomic E-state index is -0.00306. The van der Waals surface area contributed by atoms with E-state index in [1.54, 1.807) is 6.33 Å². The fourth-order valence-corrected chi connectivity index (χ4v) is 3.36. The Balaban J connectivity index is 1.64. The van der Waals surface area contributed by atoms with Gasteiger partial charge in [0.05, 0.1) is 12.0 Å². The van der Waals surface area contributed by atoms with Crippen LogP contribution in [0.1, 0.15) is 36.7 Å². The number of fused-ring (bicyclic) bond motifs is 1. The first-order valence-electron chi connectivity index (χ1n) is 8.36. The summed E-state index contributed by atoms with van der Waals surface area (Å²) < 4.78 is 7.85. The molecule has 6 heteroatoms. The number of aryl methyl sites for hydroxylation is 2. The van der Waals surface area contributed by atoms with E-state index in [1.807, 2.05) is 22.8 Å². The van der Waals surface area contributed by atoms with Gasteiger partial charge in [-0.05, 0) is 49.3 Å². The molecule has 1 aliphatic rings. The first kappa shape index (κ1) is 15.5. The van der Waals surface area contributed by atoms with Crippen LogP contribution in [0, 0.1) is 0 Å². The number of halogens is 1. The van der Waals surface area contributed by atoms with Gasteiger partial charge in [0.1, 0.15) is 11.7 Å². The van der Waals surface area contributed by atoms with Crippen molar-refractivity contribution in [2.75, 3.05) is 6.61 Å². The predicted octanol–water partition coefficient (Wildman–Crippen LogP) is 3.96. The second-order valence-electron chi connectivity index (χ2n) is 6.07. The number of ether oxygens (including phenoxy) is 1. The molecular weight excluding hydrogens is 324 g/mol. The van der Waals surface area contributed by atoms with E-state index < -0.39 is 0 Å². The van der Waals surface area contributed by atoms with Crippen LogP contribution in [0.4, 0.5) is 0 Å². The maximum absolute atomic E-state index is 6.17. The molecule has 2 aromatic heterocycles. The predicted molar refractivity (Wildman–Crippen MR) is 93.0 cm³/mol. The van der Waals surface area contributed by atoms with Crippen LogP contribution in [0.2, 0.25) is 5.28 Å². The summed E-state index contributed by atoms with van der Waals surface area (Å²) in [6.07, 6.45) is 6.73. The zero-order valence-electron chi connectivity index (χ0n) is 13.4. The van der Waals surface area contributed by atoms with Gasteiger partial charge in [0.2, 0.25) is 5.28 Å². The lowest BCUT2D eigenvalue weighted by Gasteiger charge is -2.23. The lowest BCUT2D eigenvalue weighted by Crippen LogP contribution is -2.17. The summed E-state index contributed by atoms with van der Waals surface area (Å²) in [7, 11) is 0. The maximum Gasteiger partial charge on any atom is 0.224 e. The van der Waals surface area contributed by atoms with E-state index >= 15 is 0 Å². The molecule has 0 aliphatic carbocycles. The van der Waals surface area contributed by atoms with Crippen LogP contribution in [-0.2, 0) is 17.6 Å². The number of rotatable bonds is 4. The van der Waals surface area contributed by atoms with Crippen LogP contribution in [-0.4, -0.2) is 26.1 Å². The van der Waals surface area contributed by atoms with Crippen LogP contribution >= 0.6 is 11.6 Å². The zero-order valence-corrected chi connectivity index (χ0v) is 14.1. The highest BCUT2D eigenvalue weighted by molar-refractivity contribution is 6.28. The van der Waals surface area contributed by atoms with Crippen LogP contribution in [0.15, 0.2) is 36.7 Å². The number of hydrogen-bond donors (Lipinski definition) is 0. The molecule has 1 aliphatic heterocycles. The van der Waals surface area contributed by atoms with Gasteiger partial charge in [-0.15, -0.1) is 0 Å². The largest absolute Gasteiger partial charge is 0.358 e. The Labute approximate surface area is 145 Å².